The maximum absolute atomic E-state index is 6.44. The summed E-state index contributed by atoms with van der Waals surface area (Å²) in [6.07, 6.45) is 4.09. The molecule has 2 rings (SSSR count). The van der Waals surface area contributed by atoms with Crippen LogP contribution in [-0.2, 0) is 11.2 Å². The van der Waals surface area contributed by atoms with Gasteiger partial charge in [-0.1, -0.05) is 6.07 Å². The fraction of sp³-hybridized carbons (Fsp3) is 0.615. The molecule has 1 fully saturated rings. The van der Waals surface area contributed by atoms with Crippen LogP contribution >= 0.6 is 11.6 Å². The van der Waals surface area contributed by atoms with Crippen LogP contribution in [0.15, 0.2) is 18.3 Å². The molecule has 3 atom stereocenters. The smallest absolute Gasteiger partial charge is 0.0590 e. The largest absolute Gasteiger partial charge is 0.378 e. The molecule has 2 nitrogen and oxygen atoms in total. The van der Waals surface area contributed by atoms with Gasteiger partial charge in [0.05, 0.1) is 6.10 Å². The monoisotopic (exact) mass is 239 g/mol. The summed E-state index contributed by atoms with van der Waals surface area (Å²) in [7, 11) is 0. The summed E-state index contributed by atoms with van der Waals surface area (Å²) in [5.41, 5.74) is 2.26. The van der Waals surface area contributed by atoms with E-state index in [2.05, 4.69) is 24.0 Å². The average molecular weight is 240 g/mol. The van der Waals surface area contributed by atoms with Crippen molar-refractivity contribution >= 4 is 11.6 Å². The van der Waals surface area contributed by atoms with Crippen molar-refractivity contribution in [2.24, 2.45) is 5.92 Å². The van der Waals surface area contributed by atoms with Crippen molar-refractivity contribution in [1.82, 2.24) is 4.98 Å². The molecular formula is C13H18ClNO. The van der Waals surface area contributed by atoms with E-state index in [1.165, 1.54) is 5.56 Å². The Morgan fingerprint density at radius 3 is 2.94 bits per heavy atom. The lowest BCUT2D eigenvalue weighted by Gasteiger charge is -2.19. The van der Waals surface area contributed by atoms with Gasteiger partial charge < -0.3 is 4.74 Å². The molecule has 2 heterocycles. The van der Waals surface area contributed by atoms with E-state index in [9.17, 15) is 0 Å². The van der Waals surface area contributed by atoms with Crippen LogP contribution < -0.4 is 0 Å². The molecule has 0 aromatic carbocycles. The van der Waals surface area contributed by atoms with Crippen LogP contribution in [0.5, 0.6) is 0 Å². The van der Waals surface area contributed by atoms with E-state index >= 15 is 0 Å². The van der Waals surface area contributed by atoms with Gasteiger partial charge in [0.2, 0.25) is 0 Å². The zero-order valence-electron chi connectivity index (χ0n) is 9.82. The topological polar surface area (TPSA) is 22.1 Å². The van der Waals surface area contributed by atoms with Crippen LogP contribution in [0.3, 0.4) is 0 Å². The first-order valence-corrected chi connectivity index (χ1v) is 6.27. The Hall–Kier alpha value is -0.600. The number of aryl methyl sites for hydroxylation is 1. The number of nitrogens with zero attached hydrogens (tertiary/aromatic N) is 1. The summed E-state index contributed by atoms with van der Waals surface area (Å²) in [6.45, 7) is 4.99. The van der Waals surface area contributed by atoms with Crippen LogP contribution in [0, 0.1) is 12.8 Å². The maximum Gasteiger partial charge on any atom is 0.0590 e. The third-order valence-electron chi connectivity index (χ3n) is 3.28. The fourth-order valence-corrected chi connectivity index (χ4v) is 2.68. The molecule has 3 heteroatoms. The Labute approximate surface area is 102 Å². The van der Waals surface area contributed by atoms with Crippen molar-refractivity contribution in [2.45, 2.75) is 38.2 Å². The highest BCUT2D eigenvalue weighted by Crippen LogP contribution is 2.29. The highest BCUT2D eigenvalue weighted by molar-refractivity contribution is 6.21. The SMILES string of the molecule is Cc1ccc(CC(Cl)C2CCOC2C)nc1. The van der Waals surface area contributed by atoms with Gasteiger partial charge in [-0.3, -0.25) is 4.98 Å². The lowest BCUT2D eigenvalue weighted by molar-refractivity contribution is 0.105. The van der Waals surface area contributed by atoms with Crippen molar-refractivity contribution in [1.29, 1.82) is 0 Å². The Morgan fingerprint density at radius 2 is 2.38 bits per heavy atom. The van der Waals surface area contributed by atoms with Crippen LogP contribution in [-0.4, -0.2) is 23.1 Å². The zero-order chi connectivity index (χ0) is 11.5. The number of aromatic nitrogens is 1. The Balaban J connectivity index is 1.96. The predicted octanol–water partition coefficient (Wildman–Crippen LogP) is 2.96. The fourth-order valence-electron chi connectivity index (χ4n) is 2.19. The highest BCUT2D eigenvalue weighted by atomic mass is 35.5. The average Bonchev–Trinajstić information content (AvgIpc) is 2.68. The first kappa shape index (κ1) is 11.9. The standard InChI is InChI=1S/C13H18ClNO/c1-9-3-4-11(15-8-9)7-13(14)12-5-6-16-10(12)2/h3-4,8,10,12-13H,5-7H2,1-2H3. The molecule has 88 valence electrons. The maximum atomic E-state index is 6.44. The second-order valence-corrected chi connectivity index (χ2v) is 5.14. The van der Waals surface area contributed by atoms with Gasteiger partial charge in [-0.2, -0.15) is 0 Å². The van der Waals surface area contributed by atoms with Gasteiger partial charge in [0.25, 0.3) is 0 Å². The molecule has 1 aromatic rings. The van der Waals surface area contributed by atoms with Gasteiger partial charge in [0.1, 0.15) is 0 Å². The number of pyridine rings is 1. The molecule has 3 unspecified atom stereocenters. The molecule has 0 saturated carbocycles. The summed E-state index contributed by atoms with van der Waals surface area (Å²) in [5.74, 6) is 0.463. The molecule has 0 spiro atoms. The van der Waals surface area contributed by atoms with E-state index in [1.807, 2.05) is 13.1 Å². The molecule has 0 radical (unpaired) electrons. The van der Waals surface area contributed by atoms with Crippen molar-refractivity contribution in [3.05, 3.63) is 29.6 Å². The van der Waals surface area contributed by atoms with E-state index in [1.54, 1.807) is 0 Å². The van der Waals surface area contributed by atoms with E-state index in [4.69, 9.17) is 16.3 Å². The van der Waals surface area contributed by atoms with Gasteiger partial charge in [-0.05, 0) is 31.9 Å². The Bertz CT molecular complexity index is 338. The molecule has 0 N–H and O–H groups in total. The summed E-state index contributed by atoms with van der Waals surface area (Å²) < 4.78 is 5.54. The molecule has 16 heavy (non-hydrogen) atoms. The van der Waals surface area contributed by atoms with Crippen LogP contribution in [0.4, 0.5) is 0 Å². The molecule has 1 aliphatic heterocycles. The molecule has 1 aromatic heterocycles. The summed E-state index contributed by atoms with van der Waals surface area (Å²) in [4.78, 5) is 4.39. The van der Waals surface area contributed by atoms with Gasteiger partial charge in [0.15, 0.2) is 0 Å². The van der Waals surface area contributed by atoms with Gasteiger partial charge >= 0.3 is 0 Å². The van der Waals surface area contributed by atoms with Crippen LogP contribution in [0.25, 0.3) is 0 Å². The Morgan fingerprint density at radius 1 is 1.56 bits per heavy atom. The second kappa shape index (κ2) is 5.15. The second-order valence-electron chi connectivity index (χ2n) is 4.58. The minimum absolute atomic E-state index is 0.132. The third kappa shape index (κ3) is 2.74. The molecule has 0 amide bonds. The van der Waals surface area contributed by atoms with Gasteiger partial charge in [-0.15, -0.1) is 11.6 Å². The zero-order valence-corrected chi connectivity index (χ0v) is 10.6. The lowest BCUT2D eigenvalue weighted by Crippen LogP contribution is -2.24. The summed E-state index contributed by atoms with van der Waals surface area (Å²) in [6, 6.07) is 4.14. The van der Waals surface area contributed by atoms with Crippen molar-refractivity contribution in [2.75, 3.05) is 6.61 Å². The van der Waals surface area contributed by atoms with Crippen LogP contribution in [0.1, 0.15) is 24.6 Å². The lowest BCUT2D eigenvalue weighted by atomic mass is 9.95. The first-order valence-electron chi connectivity index (χ1n) is 5.84. The van der Waals surface area contributed by atoms with Crippen LogP contribution in [0.2, 0.25) is 0 Å². The number of rotatable bonds is 3. The minimum Gasteiger partial charge on any atom is -0.378 e. The third-order valence-corrected chi connectivity index (χ3v) is 3.75. The van der Waals surface area contributed by atoms with Gasteiger partial charge in [0, 0.05) is 36.2 Å². The van der Waals surface area contributed by atoms with Gasteiger partial charge in [-0.25, -0.2) is 0 Å². The molecule has 0 aliphatic carbocycles. The molecule has 0 bridgehead atoms. The summed E-state index contributed by atoms with van der Waals surface area (Å²) in [5, 5.41) is 0.132. The van der Waals surface area contributed by atoms with Crippen molar-refractivity contribution in [3.8, 4) is 0 Å². The number of ether oxygens (including phenoxy) is 1. The predicted molar refractivity (Wildman–Crippen MR) is 65.8 cm³/mol. The quantitative estimate of drug-likeness (QED) is 0.757. The number of hydrogen-bond donors (Lipinski definition) is 0. The normalized spacial score (nSPS) is 26.9. The van der Waals surface area contributed by atoms with E-state index in [0.717, 1.165) is 25.1 Å². The van der Waals surface area contributed by atoms with Crippen molar-refractivity contribution < 1.29 is 4.74 Å². The highest BCUT2D eigenvalue weighted by Gasteiger charge is 2.30. The molecular weight excluding hydrogens is 222 g/mol. The first-order chi connectivity index (χ1) is 7.66. The minimum atomic E-state index is 0.132. The number of halogens is 1. The van der Waals surface area contributed by atoms with Crippen molar-refractivity contribution in [3.63, 3.8) is 0 Å². The number of alkyl halides is 1. The summed E-state index contributed by atoms with van der Waals surface area (Å²) >= 11 is 6.44. The van der Waals surface area contributed by atoms with E-state index in [0.29, 0.717) is 5.92 Å². The van der Waals surface area contributed by atoms with E-state index < -0.39 is 0 Å². The van der Waals surface area contributed by atoms with E-state index in [-0.39, 0.29) is 11.5 Å². The number of hydrogen-bond acceptors (Lipinski definition) is 2. The Kier molecular flexibility index (Phi) is 3.82. The molecule has 1 aliphatic rings. The molecule has 1 saturated heterocycles.